The molecule has 0 spiro atoms. The fourth-order valence-electron chi connectivity index (χ4n) is 1.79. The van der Waals surface area contributed by atoms with Crippen LogP contribution >= 0.6 is 11.3 Å². The number of carbonyl (C=O) groups is 3. The molecule has 1 aromatic heterocycles. The minimum Gasteiger partial charge on any atom is -0.480 e. The molecular formula is C13H16F3N3O4S. The van der Waals surface area contributed by atoms with Gasteiger partial charge in [-0.05, 0) is 12.3 Å². The maximum absolute atomic E-state index is 12.7. The SMILES string of the molecule is CC(C)C[C@H](NC(=O)CNC(=O)c1ncsc1C(F)(F)F)C(=O)O. The van der Waals surface area contributed by atoms with Gasteiger partial charge in [-0.25, -0.2) is 9.78 Å². The first kappa shape index (κ1) is 19.9. The quantitative estimate of drug-likeness (QED) is 0.677. The highest BCUT2D eigenvalue weighted by molar-refractivity contribution is 7.10. The highest BCUT2D eigenvalue weighted by Crippen LogP contribution is 2.34. The summed E-state index contributed by atoms with van der Waals surface area (Å²) in [4.78, 5) is 36.6. The third-order valence-corrected chi connectivity index (χ3v) is 3.66. The van der Waals surface area contributed by atoms with Gasteiger partial charge < -0.3 is 15.7 Å². The fraction of sp³-hybridized carbons (Fsp3) is 0.538. The van der Waals surface area contributed by atoms with Crippen molar-refractivity contribution in [1.29, 1.82) is 0 Å². The van der Waals surface area contributed by atoms with Crippen molar-refractivity contribution < 1.29 is 32.7 Å². The monoisotopic (exact) mass is 367 g/mol. The number of aliphatic carboxylic acids is 1. The van der Waals surface area contributed by atoms with E-state index in [2.05, 4.69) is 10.3 Å². The summed E-state index contributed by atoms with van der Waals surface area (Å²) in [5.41, 5.74) is 0.0539. The standard InChI is InChI=1S/C13H16F3N3O4S/c1-6(2)3-7(12(22)23)19-8(20)4-17-11(21)9-10(13(14,15)16)24-5-18-9/h5-7H,3-4H2,1-2H3,(H,17,21)(H,19,20)(H,22,23)/t7-/m0/s1. The Balaban J connectivity index is 2.63. The summed E-state index contributed by atoms with van der Waals surface area (Å²) in [6.07, 6.45) is -4.54. The van der Waals surface area contributed by atoms with Crippen molar-refractivity contribution in [2.24, 2.45) is 5.92 Å². The molecule has 0 aliphatic carbocycles. The van der Waals surface area contributed by atoms with Crippen LogP contribution < -0.4 is 10.6 Å². The topological polar surface area (TPSA) is 108 Å². The van der Waals surface area contributed by atoms with Crippen molar-refractivity contribution in [3.05, 3.63) is 16.1 Å². The molecule has 0 bridgehead atoms. The van der Waals surface area contributed by atoms with Gasteiger partial charge in [-0.3, -0.25) is 9.59 Å². The number of alkyl halides is 3. The summed E-state index contributed by atoms with van der Waals surface area (Å²) in [6, 6.07) is -1.14. The van der Waals surface area contributed by atoms with Gasteiger partial charge in [0.05, 0.1) is 12.1 Å². The molecule has 1 aromatic rings. The number of amides is 2. The van der Waals surface area contributed by atoms with E-state index in [1.165, 1.54) is 0 Å². The molecule has 3 N–H and O–H groups in total. The molecule has 0 aromatic carbocycles. The number of rotatable bonds is 7. The van der Waals surface area contributed by atoms with E-state index in [9.17, 15) is 27.6 Å². The second-order valence-electron chi connectivity index (χ2n) is 5.30. The maximum atomic E-state index is 12.7. The number of thiazole rings is 1. The third-order valence-electron chi connectivity index (χ3n) is 2.79. The molecule has 0 saturated heterocycles. The molecule has 0 saturated carbocycles. The Morgan fingerprint density at radius 3 is 2.46 bits per heavy atom. The van der Waals surface area contributed by atoms with Gasteiger partial charge in [0.2, 0.25) is 5.91 Å². The van der Waals surface area contributed by atoms with Crippen LogP contribution in [0.25, 0.3) is 0 Å². The van der Waals surface area contributed by atoms with Gasteiger partial charge in [0.25, 0.3) is 5.91 Å². The number of hydrogen-bond acceptors (Lipinski definition) is 5. The van der Waals surface area contributed by atoms with Gasteiger partial charge >= 0.3 is 12.1 Å². The molecule has 0 radical (unpaired) electrons. The highest BCUT2D eigenvalue weighted by Gasteiger charge is 2.38. The Kier molecular flexibility index (Phi) is 6.70. The predicted octanol–water partition coefficient (Wildman–Crippen LogP) is 1.51. The lowest BCUT2D eigenvalue weighted by atomic mass is 10.0. The average Bonchev–Trinajstić information content (AvgIpc) is 2.93. The normalized spacial score (nSPS) is 12.8. The van der Waals surface area contributed by atoms with E-state index in [1.807, 2.05) is 5.32 Å². The fourth-order valence-corrected chi connectivity index (χ4v) is 2.45. The van der Waals surface area contributed by atoms with Crippen molar-refractivity contribution in [3.63, 3.8) is 0 Å². The van der Waals surface area contributed by atoms with E-state index >= 15 is 0 Å². The van der Waals surface area contributed by atoms with Crippen LogP contribution in [0, 0.1) is 5.92 Å². The number of carbonyl (C=O) groups excluding carboxylic acids is 2. The maximum Gasteiger partial charge on any atom is 0.427 e. The van der Waals surface area contributed by atoms with Crippen LogP contribution in [0.2, 0.25) is 0 Å². The molecule has 0 fully saturated rings. The minimum absolute atomic E-state index is 0.00495. The average molecular weight is 367 g/mol. The zero-order chi connectivity index (χ0) is 18.5. The zero-order valence-corrected chi connectivity index (χ0v) is 13.6. The molecule has 0 unspecified atom stereocenters. The van der Waals surface area contributed by atoms with E-state index in [1.54, 1.807) is 13.8 Å². The van der Waals surface area contributed by atoms with Crippen molar-refractivity contribution in [2.45, 2.75) is 32.5 Å². The molecule has 0 aliphatic rings. The lowest BCUT2D eigenvalue weighted by Crippen LogP contribution is -2.46. The molecule has 1 rings (SSSR count). The van der Waals surface area contributed by atoms with Crippen LogP contribution in [0.4, 0.5) is 13.2 Å². The third kappa shape index (κ3) is 5.80. The highest BCUT2D eigenvalue weighted by atomic mass is 32.1. The van der Waals surface area contributed by atoms with Crippen LogP contribution in [0.15, 0.2) is 5.51 Å². The van der Waals surface area contributed by atoms with Gasteiger partial charge in [-0.1, -0.05) is 13.8 Å². The van der Waals surface area contributed by atoms with Gasteiger partial charge in [0.15, 0.2) is 5.69 Å². The first-order chi connectivity index (χ1) is 11.0. The van der Waals surface area contributed by atoms with E-state index in [-0.39, 0.29) is 23.7 Å². The molecular weight excluding hydrogens is 351 g/mol. The van der Waals surface area contributed by atoms with E-state index in [0.717, 1.165) is 5.51 Å². The molecule has 1 heterocycles. The second-order valence-corrected chi connectivity index (χ2v) is 6.15. The Morgan fingerprint density at radius 1 is 1.33 bits per heavy atom. The zero-order valence-electron chi connectivity index (χ0n) is 12.8. The number of hydrogen-bond donors (Lipinski definition) is 3. The summed E-state index contributed by atoms with van der Waals surface area (Å²) < 4.78 is 38.0. The summed E-state index contributed by atoms with van der Waals surface area (Å²) in [5.74, 6) is -3.21. The summed E-state index contributed by atoms with van der Waals surface area (Å²) in [7, 11) is 0. The van der Waals surface area contributed by atoms with Crippen molar-refractivity contribution in [2.75, 3.05) is 6.54 Å². The predicted molar refractivity (Wildman–Crippen MR) is 78.5 cm³/mol. The Morgan fingerprint density at radius 2 is 1.96 bits per heavy atom. The van der Waals surface area contributed by atoms with Crippen LogP contribution in [0.3, 0.4) is 0 Å². The molecule has 11 heteroatoms. The Labute approximate surface area is 139 Å². The lowest BCUT2D eigenvalue weighted by molar-refractivity contribution is -0.142. The molecule has 1 atom stereocenters. The largest absolute Gasteiger partial charge is 0.480 e. The van der Waals surface area contributed by atoms with Crippen molar-refractivity contribution in [1.82, 2.24) is 15.6 Å². The van der Waals surface area contributed by atoms with Gasteiger partial charge in [-0.15, -0.1) is 11.3 Å². The van der Waals surface area contributed by atoms with Crippen LogP contribution in [-0.2, 0) is 15.8 Å². The number of nitrogens with zero attached hydrogens (tertiary/aromatic N) is 1. The van der Waals surface area contributed by atoms with Gasteiger partial charge in [-0.2, -0.15) is 13.2 Å². The number of carboxylic acids is 1. The molecule has 2 amide bonds. The van der Waals surface area contributed by atoms with Crippen LogP contribution in [-0.4, -0.2) is 40.5 Å². The molecule has 134 valence electrons. The molecule has 7 nitrogen and oxygen atoms in total. The minimum atomic E-state index is -4.72. The van der Waals surface area contributed by atoms with Gasteiger partial charge in [0.1, 0.15) is 10.9 Å². The van der Waals surface area contributed by atoms with E-state index in [0.29, 0.717) is 0 Å². The first-order valence-corrected chi connectivity index (χ1v) is 7.71. The summed E-state index contributed by atoms with van der Waals surface area (Å²) in [5, 5.41) is 13.2. The Hall–Kier alpha value is -2.17. The summed E-state index contributed by atoms with van der Waals surface area (Å²) >= 11 is 0.265. The van der Waals surface area contributed by atoms with E-state index < -0.39 is 47.1 Å². The number of nitrogens with one attached hydrogen (secondary N) is 2. The van der Waals surface area contributed by atoms with Crippen LogP contribution in [0.5, 0.6) is 0 Å². The van der Waals surface area contributed by atoms with E-state index in [4.69, 9.17) is 5.11 Å². The van der Waals surface area contributed by atoms with Crippen molar-refractivity contribution in [3.8, 4) is 0 Å². The van der Waals surface area contributed by atoms with Crippen molar-refractivity contribution >= 4 is 29.1 Å². The lowest BCUT2D eigenvalue weighted by Gasteiger charge is -2.16. The molecule has 24 heavy (non-hydrogen) atoms. The first-order valence-electron chi connectivity index (χ1n) is 6.83. The smallest absolute Gasteiger partial charge is 0.427 e. The number of carboxylic acid groups (broad SMARTS) is 1. The number of halogens is 3. The number of aromatic nitrogens is 1. The Bertz CT molecular complexity index is 616. The summed E-state index contributed by atoms with van der Waals surface area (Å²) in [6.45, 7) is 2.88. The van der Waals surface area contributed by atoms with Gasteiger partial charge in [0, 0.05) is 0 Å². The molecule has 0 aliphatic heterocycles. The van der Waals surface area contributed by atoms with Crippen LogP contribution in [0.1, 0.15) is 35.6 Å². The second kappa shape index (κ2) is 8.08.